The molecule has 112 valence electrons. The van der Waals surface area contributed by atoms with Crippen LogP contribution in [0.25, 0.3) is 0 Å². The first-order valence-corrected chi connectivity index (χ1v) is 7.84. The quantitative estimate of drug-likeness (QED) is 0.726. The van der Waals surface area contributed by atoms with Crippen LogP contribution in [0.5, 0.6) is 11.5 Å². The number of rotatable bonds is 5. The average molecular weight is 373 g/mol. The van der Waals surface area contributed by atoms with Crippen LogP contribution < -0.4 is 10.1 Å². The highest BCUT2D eigenvalue weighted by Gasteiger charge is 2.10. The van der Waals surface area contributed by atoms with E-state index in [1.807, 2.05) is 19.1 Å². The summed E-state index contributed by atoms with van der Waals surface area (Å²) in [6.45, 7) is 4.98. The Morgan fingerprint density at radius 2 is 1.90 bits per heavy atom. The first kappa shape index (κ1) is 16.3. The van der Waals surface area contributed by atoms with Crippen molar-refractivity contribution in [3.8, 4) is 11.5 Å². The van der Waals surface area contributed by atoms with Crippen molar-refractivity contribution in [2.24, 2.45) is 0 Å². The summed E-state index contributed by atoms with van der Waals surface area (Å²) in [6, 6.07) is 10.2. The highest BCUT2D eigenvalue weighted by Crippen LogP contribution is 2.31. The molecule has 5 heteroatoms. The third kappa shape index (κ3) is 4.19. The molecule has 0 aliphatic rings. The van der Waals surface area contributed by atoms with Crippen molar-refractivity contribution in [1.82, 2.24) is 5.32 Å². The minimum Gasteiger partial charge on any atom is -0.457 e. The van der Waals surface area contributed by atoms with Gasteiger partial charge in [0.15, 0.2) is 0 Å². The molecule has 1 unspecified atom stereocenters. The van der Waals surface area contributed by atoms with E-state index in [9.17, 15) is 4.39 Å². The summed E-state index contributed by atoms with van der Waals surface area (Å²) in [7, 11) is 0. The van der Waals surface area contributed by atoms with Gasteiger partial charge in [0.1, 0.15) is 17.3 Å². The second kappa shape index (κ2) is 7.25. The van der Waals surface area contributed by atoms with Crippen molar-refractivity contribution in [3.63, 3.8) is 0 Å². The van der Waals surface area contributed by atoms with E-state index in [2.05, 4.69) is 28.2 Å². The predicted octanol–water partition coefficient (Wildman–Crippen LogP) is 5.70. The number of nitrogens with one attached hydrogen (secondary N) is 1. The van der Waals surface area contributed by atoms with Crippen molar-refractivity contribution < 1.29 is 9.13 Å². The molecule has 0 amide bonds. The standard InChI is InChI=1S/C16H16BrClFNO/c1-3-20-10(2)13-6-4-12(9-15(13)18)21-11-5-7-16(19)14(17)8-11/h4-10,20H,3H2,1-2H3. The fourth-order valence-corrected chi connectivity index (χ4v) is 2.71. The molecule has 2 rings (SSSR count). The van der Waals surface area contributed by atoms with Gasteiger partial charge in [-0.1, -0.05) is 24.6 Å². The summed E-state index contributed by atoms with van der Waals surface area (Å²) < 4.78 is 19.2. The molecule has 2 aromatic carbocycles. The van der Waals surface area contributed by atoms with Gasteiger partial charge in [-0.25, -0.2) is 4.39 Å². The zero-order valence-corrected chi connectivity index (χ0v) is 14.1. The molecule has 0 bridgehead atoms. The van der Waals surface area contributed by atoms with Crippen LogP contribution in [0.1, 0.15) is 25.5 Å². The third-order valence-electron chi connectivity index (χ3n) is 3.08. The molecule has 0 spiro atoms. The lowest BCUT2D eigenvalue weighted by atomic mass is 10.1. The zero-order valence-electron chi connectivity index (χ0n) is 11.8. The van der Waals surface area contributed by atoms with Crippen molar-refractivity contribution >= 4 is 27.5 Å². The summed E-state index contributed by atoms with van der Waals surface area (Å²) in [5.41, 5.74) is 1.02. The molecule has 0 aromatic heterocycles. The maximum atomic E-state index is 13.2. The second-order valence-corrected chi connectivity index (χ2v) is 5.90. The Balaban J connectivity index is 2.18. The smallest absolute Gasteiger partial charge is 0.137 e. The van der Waals surface area contributed by atoms with Crippen LogP contribution in [0.3, 0.4) is 0 Å². The fraction of sp³-hybridized carbons (Fsp3) is 0.250. The molecule has 0 fully saturated rings. The average Bonchev–Trinajstić information content (AvgIpc) is 2.43. The highest BCUT2D eigenvalue weighted by atomic mass is 79.9. The number of halogens is 3. The van der Waals surface area contributed by atoms with E-state index in [4.69, 9.17) is 16.3 Å². The lowest BCUT2D eigenvalue weighted by molar-refractivity contribution is 0.479. The second-order valence-electron chi connectivity index (χ2n) is 4.64. The highest BCUT2D eigenvalue weighted by molar-refractivity contribution is 9.10. The van der Waals surface area contributed by atoms with Gasteiger partial charge >= 0.3 is 0 Å². The molecule has 1 atom stereocenters. The maximum Gasteiger partial charge on any atom is 0.137 e. The summed E-state index contributed by atoms with van der Waals surface area (Å²) in [4.78, 5) is 0. The molecule has 2 aromatic rings. The minimum atomic E-state index is -0.324. The van der Waals surface area contributed by atoms with Crippen molar-refractivity contribution in [1.29, 1.82) is 0 Å². The van der Waals surface area contributed by atoms with E-state index in [1.54, 1.807) is 18.2 Å². The molecule has 0 saturated carbocycles. The number of hydrogen-bond donors (Lipinski definition) is 1. The first-order valence-electron chi connectivity index (χ1n) is 6.67. The van der Waals surface area contributed by atoms with E-state index >= 15 is 0 Å². The molecule has 0 heterocycles. The van der Waals surface area contributed by atoms with Crippen LogP contribution in [-0.4, -0.2) is 6.54 Å². The molecule has 21 heavy (non-hydrogen) atoms. The van der Waals surface area contributed by atoms with E-state index in [0.717, 1.165) is 12.1 Å². The first-order chi connectivity index (χ1) is 10.0. The third-order valence-corrected chi connectivity index (χ3v) is 4.01. The Morgan fingerprint density at radius 1 is 1.24 bits per heavy atom. The van der Waals surface area contributed by atoms with Crippen LogP contribution in [0, 0.1) is 5.82 Å². The molecule has 0 aliphatic carbocycles. The molecular formula is C16H16BrClFNO. The van der Waals surface area contributed by atoms with Crippen molar-refractivity contribution in [2.45, 2.75) is 19.9 Å². The Bertz CT molecular complexity index is 636. The van der Waals surface area contributed by atoms with E-state index < -0.39 is 0 Å². The lowest BCUT2D eigenvalue weighted by Crippen LogP contribution is -2.17. The predicted molar refractivity (Wildman–Crippen MR) is 87.7 cm³/mol. The molecule has 0 radical (unpaired) electrons. The summed E-state index contributed by atoms with van der Waals surface area (Å²) in [5.74, 6) is 0.841. The van der Waals surface area contributed by atoms with Gasteiger partial charge < -0.3 is 10.1 Å². The topological polar surface area (TPSA) is 21.3 Å². The van der Waals surface area contributed by atoms with Gasteiger partial charge in [-0.3, -0.25) is 0 Å². The van der Waals surface area contributed by atoms with Crippen LogP contribution in [0.4, 0.5) is 4.39 Å². The van der Waals surface area contributed by atoms with Gasteiger partial charge in [0.05, 0.1) is 4.47 Å². The van der Waals surface area contributed by atoms with E-state index in [1.165, 1.54) is 6.07 Å². The Labute approximate surface area is 137 Å². The van der Waals surface area contributed by atoms with Crippen LogP contribution in [0.2, 0.25) is 5.02 Å². The Kier molecular flexibility index (Phi) is 5.62. The fourth-order valence-electron chi connectivity index (χ4n) is 2.02. The lowest BCUT2D eigenvalue weighted by Gasteiger charge is -2.15. The largest absolute Gasteiger partial charge is 0.457 e. The number of benzene rings is 2. The molecule has 0 aliphatic heterocycles. The Morgan fingerprint density at radius 3 is 2.52 bits per heavy atom. The van der Waals surface area contributed by atoms with Gasteiger partial charge in [-0.2, -0.15) is 0 Å². The SMILES string of the molecule is CCNC(C)c1ccc(Oc2ccc(F)c(Br)c2)cc1Cl. The monoisotopic (exact) mass is 371 g/mol. The van der Waals surface area contributed by atoms with Crippen LogP contribution in [0.15, 0.2) is 40.9 Å². The van der Waals surface area contributed by atoms with E-state index in [-0.39, 0.29) is 11.9 Å². The normalized spacial score (nSPS) is 12.2. The Hall–Kier alpha value is -1.10. The van der Waals surface area contributed by atoms with Crippen molar-refractivity contribution in [3.05, 3.63) is 57.3 Å². The van der Waals surface area contributed by atoms with Gasteiger partial charge in [0.25, 0.3) is 0 Å². The van der Waals surface area contributed by atoms with Crippen LogP contribution >= 0.6 is 27.5 Å². The maximum absolute atomic E-state index is 13.2. The van der Waals surface area contributed by atoms with E-state index in [0.29, 0.717) is 21.0 Å². The minimum absolute atomic E-state index is 0.177. The molecule has 1 N–H and O–H groups in total. The van der Waals surface area contributed by atoms with Gasteiger partial charge in [0.2, 0.25) is 0 Å². The van der Waals surface area contributed by atoms with Gasteiger partial charge in [0, 0.05) is 11.1 Å². The van der Waals surface area contributed by atoms with Crippen molar-refractivity contribution in [2.75, 3.05) is 6.54 Å². The van der Waals surface area contributed by atoms with Gasteiger partial charge in [-0.15, -0.1) is 0 Å². The summed E-state index contributed by atoms with van der Waals surface area (Å²) in [6.07, 6.45) is 0. The van der Waals surface area contributed by atoms with Gasteiger partial charge in [-0.05, 0) is 65.3 Å². The molecule has 2 nitrogen and oxygen atoms in total. The number of hydrogen-bond acceptors (Lipinski definition) is 2. The summed E-state index contributed by atoms with van der Waals surface area (Å²) >= 11 is 9.43. The summed E-state index contributed by atoms with van der Waals surface area (Å²) in [5, 5.41) is 3.95. The number of ether oxygens (including phenoxy) is 1. The molecule has 0 saturated heterocycles. The molecular weight excluding hydrogens is 357 g/mol. The zero-order chi connectivity index (χ0) is 15.4. The van der Waals surface area contributed by atoms with Crippen LogP contribution in [-0.2, 0) is 0 Å².